The summed E-state index contributed by atoms with van der Waals surface area (Å²) in [5.74, 6) is -0.990. The first kappa shape index (κ1) is 17.4. The summed E-state index contributed by atoms with van der Waals surface area (Å²) < 4.78 is 61.1. The average molecular weight is 348 g/mol. The highest BCUT2D eigenvalue weighted by molar-refractivity contribution is 5.18. The molecule has 2 saturated heterocycles. The normalized spacial score (nSPS) is 32.4. The summed E-state index contributed by atoms with van der Waals surface area (Å²) in [6.45, 7) is 3.87. The van der Waals surface area contributed by atoms with Crippen molar-refractivity contribution in [2.24, 2.45) is 5.73 Å². The van der Waals surface area contributed by atoms with Gasteiger partial charge in [-0.15, -0.1) is 0 Å². The Labute approximate surface area is 137 Å². The van der Waals surface area contributed by atoms with Gasteiger partial charge in [-0.05, 0) is 19.9 Å². The SMILES string of the molecule is CC1(C)O[C@@H]2[C@H](O1)[C@@H](Oc1cccc(C(F)(F)F)n1)CO[C@@H]2CN. The molecule has 2 N–H and O–H groups in total. The molecule has 2 aliphatic rings. The lowest BCUT2D eigenvalue weighted by molar-refractivity contribution is -0.153. The van der Waals surface area contributed by atoms with Gasteiger partial charge in [0.05, 0.1) is 12.7 Å². The van der Waals surface area contributed by atoms with Crippen LogP contribution in [0.5, 0.6) is 5.88 Å². The monoisotopic (exact) mass is 348 g/mol. The molecule has 24 heavy (non-hydrogen) atoms. The summed E-state index contributed by atoms with van der Waals surface area (Å²) in [5, 5.41) is 0. The molecule has 0 bridgehead atoms. The van der Waals surface area contributed by atoms with Crippen LogP contribution in [0.25, 0.3) is 0 Å². The summed E-state index contributed by atoms with van der Waals surface area (Å²) in [7, 11) is 0. The lowest BCUT2D eigenvalue weighted by Crippen LogP contribution is -2.55. The van der Waals surface area contributed by atoms with Gasteiger partial charge in [-0.25, -0.2) is 4.98 Å². The molecule has 134 valence electrons. The van der Waals surface area contributed by atoms with Crippen LogP contribution in [0.2, 0.25) is 0 Å². The summed E-state index contributed by atoms with van der Waals surface area (Å²) in [6, 6.07) is 3.49. The molecule has 0 aromatic carbocycles. The van der Waals surface area contributed by atoms with E-state index in [-0.39, 0.29) is 25.1 Å². The minimum Gasteiger partial charge on any atom is -0.469 e. The van der Waals surface area contributed by atoms with Gasteiger partial charge in [0.1, 0.15) is 17.9 Å². The van der Waals surface area contributed by atoms with Crippen LogP contribution < -0.4 is 10.5 Å². The van der Waals surface area contributed by atoms with Crippen molar-refractivity contribution in [3.8, 4) is 5.88 Å². The van der Waals surface area contributed by atoms with E-state index in [4.69, 9.17) is 24.7 Å². The maximum Gasteiger partial charge on any atom is 0.433 e. The number of hydrogen-bond acceptors (Lipinski definition) is 6. The van der Waals surface area contributed by atoms with Gasteiger partial charge in [-0.1, -0.05) is 6.07 Å². The van der Waals surface area contributed by atoms with E-state index in [0.29, 0.717) is 0 Å². The van der Waals surface area contributed by atoms with Gasteiger partial charge >= 0.3 is 6.18 Å². The summed E-state index contributed by atoms with van der Waals surface area (Å²) >= 11 is 0. The van der Waals surface area contributed by atoms with Crippen molar-refractivity contribution in [3.05, 3.63) is 23.9 Å². The van der Waals surface area contributed by atoms with Gasteiger partial charge < -0.3 is 24.7 Å². The third-order valence-electron chi connectivity index (χ3n) is 3.89. The van der Waals surface area contributed by atoms with Gasteiger partial charge in [0, 0.05) is 12.6 Å². The van der Waals surface area contributed by atoms with Gasteiger partial charge in [0.2, 0.25) is 5.88 Å². The molecule has 0 radical (unpaired) electrons. The molecular formula is C15H19F3N2O4. The van der Waals surface area contributed by atoms with E-state index in [0.717, 1.165) is 6.07 Å². The van der Waals surface area contributed by atoms with Crippen LogP contribution >= 0.6 is 0 Å². The highest BCUT2D eigenvalue weighted by atomic mass is 19.4. The first-order chi connectivity index (χ1) is 11.2. The average Bonchev–Trinajstić information content (AvgIpc) is 2.83. The Hall–Kier alpha value is -1.42. The van der Waals surface area contributed by atoms with Crippen LogP contribution in [0.4, 0.5) is 13.2 Å². The molecule has 4 atom stereocenters. The van der Waals surface area contributed by atoms with E-state index >= 15 is 0 Å². The predicted octanol–water partition coefficient (Wildman–Crippen LogP) is 1.73. The molecule has 2 fully saturated rings. The number of hydrogen-bond donors (Lipinski definition) is 1. The number of alkyl halides is 3. The van der Waals surface area contributed by atoms with Crippen molar-refractivity contribution in [2.45, 2.75) is 50.2 Å². The number of fused-ring (bicyclic) bond motifs is 1. The Balaban J connectivity index is 1.78. The maximum atomic E-state index is 12.8. The van der Waals surface area contributed by atoms with Crippen LogP contribution in [0.15, 0.2) is 18.2 Å². The third-order valence-corrected chi connectivity index (χ3v) is 3.89. The van der Waals surface area contributed by atoms with E-state index in [2.05, 4.69) is 4.98 Å². The van der Waals surface area contributed by atoms with Crippen molar-refractivity contribution < 1.29 is 32.1 Å². The smallest absolute Gasteiger partial charge is 0.433 e. The van der Waals surface area contributed by atoms with Crippen LogP contribution in [-0.2, 0) is 20.4 Å². The Kier molecular flexibility index (Phi) is 4.45. The zero-order chi connectivity index (χ0) is 17.5. The third kappa shape index (κ3) is 3.49. The van der Waals surface area contributed by atoms with Crippen molar-refractivity contribution in [1.82, 2.24) is 4.98 Å². The fourth-order valence-corrected chi connectivity index (χ4v) is 2.90. The Morgan fingerprint density at radius 3 is 2.67 bits per heavy atom. The van der Waals surface area contributed by atoms with Crippen molar-refractivity contribution >= 4 is 0 Å². The van der Waals surface area contributed by atoms with Crippen LogP contribution in [0, 0.1) is 0 Å². The molecule has 3 heterocycles. The zero-order valence-corrected chi connectivity index (χ0v) is 13.2. The van der Waals surface area contributed by atoms with Gasteiger partial charge in [0.15, 0.2) is 11.9 Å². The number of aromatic nitrogens is 1. The number of rotatable bonds is 3. The summed E-state index contributed by atoms with van der Waals surface area (Å²) in [6.07, 6.45) is -6.49. The fraction of sp³-hybridized carbons (Fsp3) is 0.667. The van der Waals surface area contributed by atoms with Gasteiger partial charge in [-0.2, -0.15) is 13.2 Å². The topological polar surface area (TPSA) is 75.8 Å². The van der Waals surface area contributed by atoms with Crippen molar-refractivity contribution in [2.75, 3.05) is 13.2 Å². The van der Waals surface area contributed by atoms with Gasteiger partial charge in [0.25, 0.3) is 0 Å². The molecule has 9 heteroatoms. The Morgan fingerprint density at radius 2 is 2.00 bits per heavy atom. The highest BCUT2D eigenvalue weighted by Crippen LogP contribution is 2.36. The quantitative estimate of drug-likeness (QED) is 0.897. The second kappa shape index (κ2) is 6.14. The molecular weight excluding hydrogens is 329 g/mol. The molecule has 1 aromatic rings. The number of pyridine rings is 1. The molecule has 0 aliphatic carbocycles. The summed E-state index contributed by atoms with van der Waals surface area (Å²) in [4.78, 5) is 3.50. The van der Waals surface area contributed by atoms with E-state index in [1.54, 1.807) is 13.8 Å². The lowest BCUT2D eigenvalue weighted by atomic mass is 10.00. The molecule has 1 aromatic heterocycles. The molecule has 3 rings (SSSR count). The minimum atomic E-state index is -4.54. The molecule has 0 saturated carbocycles. The predicted molar refractivity (Wildman–Crippen MR) is 76.3 cm³/mol. The van der Waals surface area contributed by atoms with E-state index in [1.165, 1.54) is 12.1 Å². The molecule has 2 aliphatic heterocycles. The van der Waals surface area contributed by atoms with Crippen LogP contribution in [0.1, 0.15) is 19.5 Å². The summed E-state index contributed by atoms with van der Waals surface area (Å²) in [5.41, 5.74) is 4.66. The van der Waals surface area contributed by atoms with Crippen LogP contribution in [-0.4, -0.2) is 48.3 Å². The van der Waals surface area contributed by atoms with E-state index in [9.17, 15) is 13.2 Å². The number of halogens is 3. The number of nitrogens with two attached hydrogens (primary N) is 1. The number of ether oxygens (including phenoxy) is 4. The Morgan fingerprint density at radius 1 is 1.29 bits per heavy atom. The minimum absolute atomic E-state index is 0.125. The molecule has 0 spiro atoms. The van der Waals surface area contributed by atoms with Crippen molar-refractivity contribution in [1.29, 1.82) is 0 Å². The molecule has 0 unspecified atom stereocenters. The first-order valence-electron chi connectivity index (χ1n) is 7.58. The highest BCUT2D eigenvalue weighted by Gasteiger charge is 2.52. The van der Waals surface area contributed by atoms with Crippen molar-refractivity contribution in [3.63, 3.8) is 0 Å². The second-order valence-corrected chi connectivity index (χ2v) is 6.19. The standard InChI is InChI=1S/C15H19F3N2O4/c1-14(2)23-12-8(6-19)21-7-9(13(12)24-14)22-11-5-3-4-10(20-11)15(16,17)18/h3-5,8-9,12-13H,6-7,19H2,1-2H3/t8-,9+,12+,13-/m1/s1. The molecule has 0 amide bonds. The number of nitrogens with zero attached hydrogens (tertiary/aromatic N) is 1. The maximum absolute atomic E-state index is 12.8. The van der Waals surface area contributed by atoms with E-state index < -0.39 is 36.0 Å². The molecule has 6 nitrogen and oxygen atoms in total. The first-order valence-corrected chi connectivity index (χ1v) is 7.58. The lowest BCUT2D eigenvalue weighted by Gasteiger charge is -2.36. The Bertz CT molecular complexity index is 596. The largest absolute Gasteiger partial charge is 0.469 e. The van der Waals surface area contributed by atoms with Gasteiger partial charge in [-0.3, -0.25) is 0 Å². The second-order valence-electron chi connectivity index (χ2n) is 6.19. The van der Waals surface area contributed by atoms with E-state index in [1.807, 2.05) is 0 Å². The zero-order valence-electron chi connectivity index (χ0n) is 13.2. The fourth-order valence-electron chi connectivity index (χ4n) is 2.90. The van der Waals surface area contributed by atoms with Crippen LogP contribution in [0.3, 0.4) is 0 Å².